The summed E-state index contributed by atoms with van der Waals surface area (Å²) in [4.78, 5) is 9.18. The van der Waals surface area contributed by atoms with Crippen molar-refractivity contribution in [3.8, 4) is 5.69 Å². The average molecular weight is 426 g/mol. The highest BCUT2D eigenvalue weighted by atomic mass is 32.1. The van der Waals surface area contributed by atoms with Gasteiger partial charge in [-0.05, 0) is 37.5 Å². The molecule has 0 aliphatic heterocycles. The number of para-hydroxylation sites is 1. The first-order valence-electron chi connectivity index (χ1n) is 9.45. The highest BCUT2D eigenvalue weighted by molar-refractivity contribution is 7.51. The lowest BCUT2D eigenvalue weighted by Crippen LogP contribution is -2.15. The number of nitrogens with zero attached hydrogens (tertiary/aromatic N) is 6. The molecule has 0 radical (unpaired) electrons. The van der Waals surface area contributed by atoms with Crippen molar-refractivity contribution in [1.82, 2.24) is 29.4 Å². The number of aromatic nitrogens is 6. The van der Waals surface area contributed by atoms with Crippen LogP contribution in [0.2, 0.25) is 0 Å². The van der Waals surface area contributed by atoms with E-state index in [1.807, 2.05) is 42.2 Å². The standard InChI is InChI=1S/C20H23N7.O2S/c1-13(2)17-12-22-27-19(17)24-15(4)25-20(27)23-14(3)16-8-5-6-9-18(16)26-11-7-10-21-26;1-3-2/h5-14H,1-4H3,(H,23,24,25);. The summed E-state index contributed by atoms with van der Waals surface area (Å²) in [5.74, 6) is 1.76. The maximum absolute atomic E-state index is 8.29. The van der Waals surface area contributed by atoms with Crippen molar-refractivity contribution in [2.45, 2.75) is 39.7 Å². The second-order valence-electron chi connectivity index (χ2n) is 7.03. The molecule has 1 aromatic carbocycles. The minimum absolute atomic E-state index is 0.00889. The van der Waals surface area contributed by atoms with Gasteiger partial charge in [-0.25, -0.2) is 9.67 Å². The summed E-state index contributed by atoms with van der Waals surface area (Å²) in [6.45, 7) is 8.30. The van der Waals surface area contributed by atoms with Crippen LogP contribution in [-0.4, -0.2) is 37.8 Å². The van der Waals surface area contributed by atoms with Gasteiger partial charge in [-0.15, -0.1) is 0 Å². The van der Waals surface area contributed by atoms with Crippen molar-refractivity contribution in [1.29, 1.82) is 0 Å². The first kappa shape index (κ1) is 21.3. The lowest BCUT2D eigenvalue weighted by Gasteiger charge is -2.19. The molecule has 1 unspecified atom stereocenters. The van der Waals surface area contributed by atoms with Crippen LogP contribution in [0.3, 0.4) is 0 Å². The Morgan fingerprint density at radius 1 is 1.00 bits per heavy atom. The zero-order valence-corrected chi connectivity index (χ0v) is 18.0. The second kappa shape index (κ2) is 9.40. The van der Waals surface area contributed by atoms with Crippen molar-refractivity contribution >= 4 is 23.2 Å². The SMILES string of the molecule is Cc1nc(NC(C)c2ccccc2-n2cccn2)n2ncc(C(C)C)c2n1.O=S=O. The fourth-order valence-electron chi connectivity index (χ4n) is 3.25. The Balaban J connectivity index is 0.000000806. The van der Waals surface area contributed by atoms with E-state index in [9.17, 15) is 0 Å². The van der Waals surface area contributed by atoms with E-state index >= 15 is 0 Å². The fraction of sp³-hybridized carbons (Fsp3) is 0.300. The van der Waals surface area contributed by atoms with Gasteiger partial charge in [0.15, 0.2) is 5.65 Å². The highest BCUT2D eigenvalue weighted by Crippen LogP contribution is 2.26. The lowest BCUT2D eigenvalue weighted by molar-refractivity contribution is 0.630. The van der Waals surface area contributed by atoms with Gasteiger partial charge in [-0.2, -0.15) is 28.1 Å². The third kappa shape index (κ3) is 4.43. The Hall–Kier alpha value is -3.40. The predicted octanol–water partition coefficient (Wildman–Crippen LogP) is 3.24. The minimum Gasteiger partial charge on any atom is -0.347 e. The van der Waals surface area contributed by atoms with Crippen molar-refractivity contribution in [2.75, 3.05) is 5.32 Å². The van der Waals surface area contributed by atoms with E-state index in [4.69, 9.17) is 8.42 Å². The molecule has 0 spiro atoms. The van der Waals surface area contributed by atoms with Gasteiger partial charge in [0.05, 0.1) is 17.9 Å². The van der Waals surface area contributed by atoms with Crippen LogP contribution in [0.25, 0.3) is 11.3 Å². The van der Waals surface area contributed by atoms with Gasteiger partial charge in [0.2, 0.25) is 5.95 Å². The smallest absolute Gasteiger partial charge is 0.335 e. The normalized spacial score (nSPS) is 11.8. The largest absolute Gasteiger partial charge is 0.347 e. The highest BCUT2D eigenvalue weighted by Gasteiger charge is 2.17. The lowest BCUT2D eigenvalue weighted by atomic mass is 10.1. The number of anilines is 1. The molecular weight excluding hydrogens is 402 g/mol. The minimum atomic E-state index is -0.750. The van der Waals surface area contributed by atoms with Gasteiger partial charge in [0, 0.05) is 18.0 Å². The Labute approximate surface area is 177 Å². The van der Waals surface area contributed by atoms with Crippen molar-refractivity contribution < 1.29 is 8.42 Å². The van der Waals surface area contributed by atoms with E-state index in [0.29, 0.717) is 11.9 Å². The molecular formula is C20H23N7O2S. The van der Waals surface area contributed by atoms with Gasteiger partial charge in [-0.3, -0.25) is 0 Å². The van der Waals surface area contributed by atoms with Crippen molar-refractivity contribution in [3.63, 3.8) is 0 Å². The third-order valence-electron chi connectivity index (χ3n) is 4.63. The van der Waals surface area contributed by atoms with Crippen LogP contribution >= 0.6 is 0 Å². The summed E-state index contributed by atoms with van der Waals surface area (Å²) < 4.78 is 20.2. The van der Waals surface area contributed by atoms with Gasteiger partial charge in [-0.1, -0.05) is 32.0 Å². The van der Waals surface area contributed by atoms with Crippen molar-refractivity contribution in [3.05, 3.63) is 65.9 Å². The Morgan fingerprint density at radius 2 is 1.73 bits per heavy atom. The zero-order chi connectivity index (χ0) is 21.7. The average Bonchev–Trinajstić information content (AvgIpc) is 3.38. The molecule has 0 fully saturated rings. The number of fused-ring (bicyclic) bond motifs is 1. The van der Waals surface area contributed by atoms with Crippen LogP contribution in [0.4, 0.5) is 5.95 Å². The molecule has 1 N–H and O–H groups in total. The Bertz CT molecular complexity index is 1170. The molecule has 0 saturated heterocycles. The van der Waals surface area contributed by atoms with Gasteiger partial charge < -0.3 is 5.32 Å². The zero-order valence-electron chi connectivity index (χ0n) is 17.2. The molecule has 9 nitrogen and oxygen atoms in total. The monoisotopic (exact) mass is 425 g/mol. The number of hydrogen-bond acceptors (Lipinski definition) is 7. The Morgan fingerprint density at radius 3 is 2.40 bits per heavy atom. The van der Waals surface area contributed by atoms with Crippen LogP contribution < -0.4 is 5.32 Å². The van der Waals surface area contributed by atoms with Crippen LogP contribution in [0.1, 0.15) is 49.7 Å². The van der Waals surface area contributed by atoms with E-state index in [-0.39, 0.29) is 6.04 Å². The molecule has 3 heterocycles. The first-order chi connectivity index (χ1) is 14.5. The quantitative estimate of drug-likeness (QED) is 0.523. The van der Waals surface area contributed by atoms with Crippen LogP contribution in [0, 0.1) is 6.92 Å². The topological polar surface area (TPSA) is 107 Å². The molecule has 156 valence electrons. The second-order valence-corrected chi connectivity index (χ2v) is 7.16. The molecule has 0 aliphatic carbocycles. The van der Waals surface area contributed by atoms with Gasteiger partial charge >= 0.3 is 11.6 Å². The number of aryl methyl sites for hydroxylation is 1. The number of hydrogen-bond donors (Lipinski definition) is 1. The predicted molar refractivity (Wildman–Crippen MR) is 114 cm³/mol. The van der Waals surface area contributed by atoms with Crippen LogP contribution in [0.15, 0.2) is 48.9 Å². The van der Waals surface area contributed by atoms with Gasteiger partial charge in [0.25, 0.3) is 0 Å². The summed E-state index contributed by atoms with van der Waals surface area (Å²) >= 11 is -0.750. The van der Waals surface area contributed by atoms with E-state index in [2.05, 4.69) is 58.4 Å². The molecule has 0 amide bonds. The summed E-state index contributed by atoms with van der Waals surface area (Å²) in [5, 5.41) is 12.4. The van der Waals surface area contributed by atoms with E-state index in [0.717, 1.165) is 28.3 Å². The number of nitrogens with one attached hydrogen (secondary N) is 1. The summed E-state index contributed by atoms with van der Waals surface area (Å²) in [6.07, 6.45) is 5.60. The van der Waals surface area contributed by atoms with Crippen LogP contribution in [0.5, 0.6) is 0 Å². The maximum Gasteiger partial charge on any atom is 0.335 e. The number of rotatable bonds is 5. The maximum atomic E-state index is 8.29. The summed E-state index contributed by atoms with van der Waals surface area (Å²) in [5.41, 5.74) is 4.13. The van der Waals surface area contributed by atoms with E-state index in [1.165, 1.54) is 0 Å². The Kier molecular flexibility index (Phi) is 6.68. The van der Waals surface area contributed by atoms with Crippen molar-refractivity contribution in [2.24, 2.45) is 0 Å². The third-order valence-corrected chi connectivity index (χ3v) is 4.63. The fourth-order valence-corrected chi connectivity index (χ4v) is 3.25. The van der Waals surface area contributed by atoms with Crippen LogP contribution in [-0.2, 0) is 11.6 Å². The number of benzene rings is 1. The molecule has 10 heteroatoms. The van der Waals surface area contributed by atoms with Gasteiger partial charge in [0.1, 0.15) is 5.82 Å². The molecule has 4 rings (SSSR count). The molecule has 3 aromatic heterocycles. The molecule has 0 saturated carbocycles. The molecule has 4 aromatic rings. The van der Waals surface area contributed by atoms with E-state index < -0.39 is 11.6 Å². The molecule has 0 bridgehead atoms. The summed E-state index contributed by atoms with van der Waals surface area (Å²) in [7, 11) is 0. The molecule has 1 atom stereocenters. The molecule has 30 heavy (non-hydrogen) atoms. The summed E-state index contributed by atoms with van der Waals surface area (Å²) in [6, 6.07) is 10.1. The van der Waals surface area contributed by atoms with E-state index in [1.54, 1.807) is 10.7 Å². The first-order valence-corrected chi connectivity index (χ1v) is 10.1. The molecule has 0 aliphatic rings.